The molecule has 0 radical (unpaired) electrons. The second kappa shape index (κ2) is 5.07. The summed E-state index contributed by atoms with van der Waals surface area (Å²) in [5, 5.41) is 0. The van der Waals surface area contributed by atoms with Crippen molar-refractivity contribution < 1.29 is 9.53 Å². The van der Waals surface area contributed by atoms with E-state index >= 15 is 0 Å². The van der Waals surface area contributed by atoms with Crippen LogP contribution in [0.5, 0.6) is 0 Å². The second-order valence-corrected chi connectivity index (χ2v) is 5.69. The van der Waals surface area contributed by atoms with Crippen molar-refractivity contribution in [3.8, 4) is 0 Å². The number of Topliss-reactive ketones (excluding diaryl/α,β-unsaturated/α-hetero) is 1. The molecule has 1 heterocycles. The standard InChI is InChI=1S/C15H24O2/c1-10(2)14(16)12(4)11(3)13-8-7-9-15(5,6)17-13/h12H,1,7-9H2,2-6H3/b13-11+. The van der Waals surface area contributed by atoms with Gasteiger partial charge in [0.15, 0.2) is 5.78 Å². The Labute approximate surface area is 105 Å². The molecule has 1 aliphatic heterocycles. The van der Waals surface area contributed by atoms with Crippen LogP contribution in [-0.4, -0.2) is 11.4 Å². The lowest BCUT2D eigenvalue weighted by Crippen LogP contribution is -2.29. The Hall–Kier alpha value is -1.05. The minimum atomic E-state index is -0.114. The van der Waals surface area contributed by atoms with Gasteiger partial charge in [-0.1, -0.05) is 13.5 Å². The van der Waals surface area contributed by atoms with Crippen LogP contribution in [0.4, 0.5) is 0 Å². The molecule has 17 heavy (non-hydrogen) atoms. The summed E-state index contributed by atoms with van der Waals surface area (Å²) in [5.74, 6) is 1.00. The lowest BCUT2D eigenvalue weighted by atomic mass is 9.89. The molecular weight excluding hydrogens is 212 g/mol. The number of ether oxygens (including phenoxy) is 1. The number of carbonyl (C=O) groups is 1. The summed E-state index contributed by atoms with van der Waals surface area (Å²) in [7, 11) is 0. The molecule has 1 rings (SSSR count). The van der Waals surface area contributed by atoms with Crippen LogP contribution in [0, 0.1) is 5.92 Å². The zero-order chi connectivity index (χ0) is 13.2. The summed E-state index contributed by atoms with van der Waals surface area (Å²) < 4.78 is 5.98. The van der Waals surface area contributed by atoms with Crippen molar-refractivity contribution in [1.29, 1.82) is 0 Å². The van der Waals surface area contributed by atoms with E-state index in [1.807, 2.05) is 13.8 Å². The van der Waals surface area contributed by atoms with Crippen molar-refractivity contribution in [2.24, 2.45) is 5.92 Å². The topological polar surface area (TPSA) is 26.3 Å². The zero-order valence-corrected chi connectivity index (χ0v) is 11.7. The predicted molar refractivity (Wildman–Crippen MR) is 70.7 cm³/mol. The van der Waals surface area contributed by atoms with Gasteiger partial charge in [-0.2, -0.15) is 0 Å². The summed E-state index contributed by atoms with van der Waals surface area (Å²) in [6.45, 7) is 13.6. The summed E-state index contributed by atoms with van der Waals surface area (Å²) in [4.78, 5) is 11.9. The highest BCUT2D eigenvalue weighted by Gasteiger charge is 2.28. The molecule has 96 valence electrons. The van der Waals surface area contributed by atoms with E-state index in [1.54, 1.807) is 6.92 Å². The minimum Gasteiger partial charge on any atom is -0.492 e. The third-order valence-electron chi connectivity index (χ3n) is 3.49. The van der Waals surface area contributed by atoms with Crippen LogP contribution in [0.15, 0.2) is 23.5 Å². The molecule has 2 nitrogen and oxygen atoms in total. The molecular formula is C15H24O2. The second-order valence-electron chi connectivity index (χ2n) is 5.69. The minimum absolute atomic E-state index is 0.0964. The normalized spacial score (nSPS) is 23.6. The van der Waals surface area contributed by atoms with Crippen molar-refractivity contribution >= 4 is 5.78 Å². The quantitative estimate of drug-likeness (QED) is 0.692. The molecule has 0 N–H and O–H groups in total. The van der Waals surface area contributed by atoms with Gasteiger partial charge in [-0.05, 0) is 51.7 Å². The van der Waals surface area contributed by atoms with E-state index in [9.17, 15) is 4.79 Å². The molecule has 1 fully saturated rings. The average molecular weight is 236 g/mol. The Morgan fingerprint density at radius 1 is 1.41 bits per heavy atom. The van der Waals surface area contributed by atoms with Crippen LogP contribution in [0.2, 0.25) is 0 Å². The third-order valence-corrected chi connectivity index (χ3v) is 3.49. The molecule has 0 aliphatic carbocycles. The van der Waals surface area contributed by atoms with E-state index in [0.717, 1.165) is 30.6 Å². The zero-order valence-electron chi connectivity index (χ0n) is 11.7. The first-order chi connectivity index (χ1) is 7.74. The fourth-order valence-electron chi connectivity index (χ4n) is 2.20. The number of rotatable bonds is 3. The van der Waals surface area contributed by atoms with Gasteiger partial charge in [0.1, 0.15) is 5.60 Å². The third kappa shape index (κ3) is 3.45. The Balaban J connectivity index is 2.89. The monoisotopic (exact) mass is 236 g/mol. The van der Waals surface area contributed by atoms with E-state index in [2.05, 4.69) is 20.4 Å². The van der Waals surface area contributed by atoms with Crippen LogP contribution in [0.3, 0.4) is 0 Å². The predicted octanol–water partition coefficient (Wildman–Crippen LogP) is 4.02. The summed E-state index contributed by atoms with van der Waals surface area (Å²) in [5.41, 5.74) is 1.58. The number of carbonyl (C=O) groups excluding carboxylic acids is 1. The largest absolute Gasteiger partial charge is 0.492 e. The van der Waals surface area contributed by atoms with Crippen LogP contribution in [-0.2, 0) is 9.53 Å². The van der Waals surface area contributed by atoms with Crippen LogP contribution in [0.1, 0.15) is 53.9 Å². The Morgan fingerprint density at radius 3 is 2.47 bits per heavy atom. The van der Waals surface area contributed by atoms with Gasteiger partial charge in [-0.15, -0.1) is 0 Å². The number of hydrogen-bond acceptors (Lipinski definition) is 2. The summed E-state index contributed by atoms with van der Waals surface area (Å²) in [6.07, 6.45) is 3.16. The summed E-state index contributed by atoms with van der Waals surface area (Å²) >= 11 is 0. The fourth-order valence-corrected chi connectivity index (χ4v) is 2.20. The molecule has 0 saturated carbocycles. The van der Waals surface area contributed by atoms with Gasteiger partial charge in [0.25, 0.3) is 0 Å². The molecule has 0 bridgehead atoms. The van der Waals surface area contributed by atoms with Crippen LogP contribution < -0.4 is 0 Å². The van der Waals surface area contributed by atoms with Crippen LogP contribution in [0.25, 0.3) is 0 Å². The maximum atomic E-state index is 11.9. The Kier molecular flexibility index (Phi) is 4.18. The van der Waals surface area contributed by atoms with E-state index in [4.69, 9.17) is 4.74 Å². The number of allylic oxidation sites excluding steroid dienone is 3. The molecule has 0 aromatic heterocycles. The van der Waals surface area contributed by atoms with Crippen molar-refractivity contribution in [2.45, 2.75) is 59.5 Å². The Bertz CT molecular complexity index is 361. The molecule has 1 aliphatic rings. The maximum Gasteiger partial charge on any atom is 0.164 e. The summed E-state index contributed by atoms with van der Waals surface area (Å²) in [6, 6.07) is 0. The van der Waals surface area contributed by atoms with Crippen molar-refractivity contribution in [2.75, 3.05) is 0 Å². The first kappa shape index (κ1) is 14.0. The first-order valence-corrected chi connectivity index (χ1v) is 6.33. The lowest BCUT2D eigenvalue weighted by molar-refractivity contribution is -0.117. The van der Waals surface area contributed by atoms with Crippen molar-refractivity contribution in [1.82, 2.24) is 0 Å². The van der Waals surface area contributed by atoms with E-state index in [0.29, 0.717) is 5.57 Å². The van der Waals surface area contributed by atoms with Gasteiger partial charge in [0.05, 0.1) is 5.76 Å². The molecule has 1 saturated heterocycles. The highest BCUT2D eigenvalue weighted by molar-refractivity contribution is 5.97. The van der Waals surface area contributed by atoms with Crippen molar-refractivity contribution in [3.63, 3.8) is 0 Å². The van der Waals surface area contributed by atoms with E-state index in [-0.39, 0.29) is 17.3 Å². The van der Waals surface area contributed by atoms with Gasteiger partial charge in [0.2, 0.25) is 0 Å². The molecule has 0 amide bonds. The van der Waals surface area contributed by atoms with Gasteiger partial charge in [-0.25, -0.2) is 0 Å². The number of ketones is 1. The molecule has 0 spiro atoms. The van der Waals surface area contributed by atoms with E-state index in [1.165, 1.54) is 0 Å². The van der Waals surface area contributed by atoms with Gasteiger partial charge in [0, 0.05) is 12.3 Å². The van der Waals surface area contributed by atoms with Crippen molar-refractivity contribution in [3.05, 3.63) is 23.5 Å². The highest BCUT2D eigenvalue weighted by atomic mass is 16.5. The van der Waals surface area contributed by atoms with Crippen LogP contribution >= 0.6 is 0 Å². The lowest BCUT2D eigenvalue weighted by Gasteiger charge is -2.34. The Morgan fingerprint density at radius 2 is 2.00 bits per heavy atom. The SMILES string of the molecule is C=C(C)C(=O)C(C)/C(C)=C1\CCCC(C)(C)O1. The molecule has 1 atom stereocenters. The average Bonchev–Trinajstić information content (AvgIpc) is 2.24. The molecule has 0 aromatic carbocycles. The van der Waals surface area contributed by atoms with E-state index < -0.39 is 0 Å². The smallest absolute Gasteiger partial charge is 0.164 e. The van der Waals surface area contributed by atoms with Gasteiger partial charge in [-0.3, -0.25) is 4.79 Å². The fraction of sp³-hybridized carbons (Fsp3) is 0.667. The molecule has 2 heteroatoms. The van der Waals surface area contributed by atoms with Gasteiger partial charge >= 0.3 is 0 Å². The number of hydrogen-bond donors (Lipinski definition) is 0. The molecule has 0 aromatic rings. The maximum absolute atomic E-state index is 11.9. The highest BCUT2D eigenvalue weighted by Crippen LogP contribution is 2.34. The first-order valence-electron chi connectivity index (χ1n) is 6.33. The molecule has 1 unspecified atom stereocenters. The van der Waals surface area contributed by atoms with Gasteiger partial charge < -0.3 is 4.74 Å².